The molecule has 0 amide bonds. The van der Waals surface area contributed by atoms with Crippen molar-refractivity contribution in [2.75, 3.05) is 5.32 Å². The predicted octanol–water partition coefficient (Wildman–Crippen LogP) is 4.92. The average molecular weight is 478 g/mol. The van der Waals surface area contributed by atoms with Gasteiger partial charge in [-0.2, -0.15) is 18.4 Å². The third kappa shape index (κ3) is 3.40. The van der Waals surface area contributed by atoms with E-state index in [4.69, 9.17) is 0 Å². The predicted molar refractivity (Wildman–Crippen MR) is 112 cm³/mol. The summed E-state index contributed by atoms with van der Waals surface area (Å²) >= 11 is 0. The van der Waals surface area contributed by atoms with Crippen molar-refractivity contribution in [3.8, 4) is 11.8 Å². The number of aliphatic hydroxyl groups is 1. The van der Waals surface area contributed by atoms with E-state index in [0.29, 0.717) is 0 Å². The number of phenolic OH excluding ortho intramolecular Hbond substituents is 1. The quantitative estimate of drug-likeness (QED) is 0.452. The average Bonchev–Trinajstić information content (AvgIpc) is 2.73. The van der Waals surface area contributed by atoms with E-state index in [1.54, 1.807) is 0 Å². The Morgan fingerprint density at radius 1 is 1.24 bits per heavy atom. The summed E-state index contributed by atoms with van der Waals surface area (Å²) in [7, 11) is 0. The first-order chi connectivity index (χ1) is 15.7. The molecule has 0 spiro atoms. The summed E-state index contributed by atoms with van der Waals surface area (Å²) in [5, 5.41) is 33.5. The van der Waals surface area contributed by atoms with Crippen LogP contribution in [0, 0.1) is 29.9 Å². The van der Waals surface area contributed by atoms with Crippen molar-refractivity contribution in [2.45, 2.75) is 50.4 Å². The molecule has 34 heavy (non-hydrogen) atoms. The maximum absolute atomic E-state index is 14.6. The second-order valence-electron chi connectivity index (χ2n) is 9.00. The number of alkyl halides is 3. The third-order valence-corrected chi connectivity index (χ3v) is 6.18. The Balaban J connectivity index is 2.02. The van der Waals surface area contributed by atoms with Gasteiger partial charge in [0.2, 0.25) is 0 Å². The summed E-state index contributed by atoms with van der Waals surface area (Å²) in [6.07, 6.45) is -4.87. The number of hydrogen-bond donors (Lipinski definition) is 3. The second kappa shape index (κ2) is 7.50. The standard InChI is InChI=1S/C23H19F5N4O2/c1-10-30-8-13-15(5-4-14(24)18(13)31-10)32-20-12-6-11(7-29)17(25)19(33)16(12)21(2,3)9-22(20,34)23(26,27)28/h4-6,8,20,32-34H,9H2,1-3H3. The Bertz CT molecular complexity index is 1370. The first-order valence-corrected chi connectivity index (χ1v) is 10.1. The van der Waals surface area contributed by atoms with Gasteiger partial charge in [0.05, 0.1) is 11.6 Å². The van der Waals surface area contributed by atoms with Gasteiger partial charge in [-0.1, -0.05) is 13.8 Å². The minimum Gasteiger partial charge on any atom is -0.505 e. The zero-order chi connectivity index (χ0) is 25.2. The lowest BCUT2D eigenvalue weighted by Crippen LogP contribution is -2.58. The number of rotatable bonds is 2. The number of nitriles is 1. The number of halogens is 5. The summed E-state index contributed by atoms with van der Waals surface area (Å²) in [5.74, 6) is -2.72. The SMILES string of the molecule is Cc1ncc2c(NC3c4cc(C#N)c(F)c(O)c4C(C)(C)CC3(O)C(F)(F)F)ccc(F)c2n1. The molecule has 1 aliphatic carbocycles. The Hall–Kier alpha value is -3.52. The molecule has 0 aliphatic heterocycles. The van der Waals surface area contributed by atoms with Crippen molar-refractivity contribution >= 4 is 16.6 Å². The summed E-state index contributed by atoms with van der Waals surface area (Å²) in [6.45, 7) is 4.17. The van der Waals surface area contributed by atoms with Crippen LogP contribution in [0.1, 0.15) is 48.8 Å². The van der Waals surface area contributed by atoms with Gasteiger partial charge in [-0.15, -0.1) is 0 Å². The van der Waals surface area contributed by atoms with Crippen LogP contribution in [0.2, 0.25) is 0 Å². The highest BCUT2D eigenvalue weighted by Gasteiger charge is 2.64. The van der Waals surface area contributed by atoms with Crippen LogP contribution < -0.4 is 5.32 Å². The van der Waals surface area contributed by atoms with Gasteiger partial charge in [0.25, 0.3) is 0 Å². The van der Waals surface area contributed by atoms with Gasteiger partial charge in [0.15, 0.2) is 17.2 Å². The molecule has 2 atom stereocenters. The second-order valence-corrected chi connectivity index (χ2v) is 9.00. The number of aromatic nitrogens is 2. The fraction of sp³-hybridized carbons (Fsp3) is 0.348. The molecule has 0 fully saturated rings. The summed E-state index contributed by atoms with van der Waals surface area (Å²) in [6, 6.07) is 2.58. The third-order valence-electron chi connectivity index (χ3n) is 6.18. The van der Waals surface area contributed by atoms with E-state index >= 15 is 0 Å². The van der Waals surface area contributed by atoms with Crippen molar-refractivity contribution < 1.29 is 32.2 Å². The number of benzene rings is 2. The van der Waals surface area contributed by atoms with Crippen molar-refractivity contribution in [1.29, 1.82) is 5.26 Å². The molecular formula is C23H19F5N4O2. The Labute approximate surface area is 190 Å². The van der Waals surface area contributed by atoms with Crippen LogP contribution in [0.25, 0.3) is 10.9 Å². The molecule has 3 aromatic rings. The number of aromatic hydroxyl groups is 1. The number of aryl methyl sites for hydroxylation is 1. The fourth-order valence-electron chi connectivity index (χ4n) is 4.72. The number of hydrogen-bond acceptors (Lipinski definition) is 6. The van der Waals surface area contributed by atoms with Crippen LogP contribution in [-0.2, 0) is 5.41 Å². The van der Waals surface area contributed by atoms with Crippen molar-refractivity contribution in [2.24, 2.45) is 0 Å². The molecule has 6 nitrogen and oxygen atoms in total. The van der Waals surface area contributed by atoms with Gasteiger partial charge in [-0.3, -0.25) is 0 Å². The Kier molecular flexibility index (Phi) is 5.21. The van der Waals surface area contributed by atoms with Crippen LogP contribution >= 0.6 is 0 Å². The molecule has 3 N–H and O–H groups in total. The first kappa shape index (κ1) is 23.6. The van der Waals surface area contributed by atoms with Crippen LogP contribution in [0.3, 0.4) is 0 Å². The molecule has 0 radical (unpaired) electrons. The minimum absolute atomic E-state index is 0.0305. The highest BCUT2D eigenvalue weighted by molar-refractivity contribution is 5.91. The van der Waals surface area contributed by atoms with E-state index in [9.17, 15) is 37.4 Å². The first-order valence-electron chi connectivity index (χ1n) is 10.1. The minimum atomic E-state index is -5.17. The van der Waals surface area contributed by atoms with Crippen LogP contribution in [-0.4, -0.2) is 32.0 Å². The lowest BCUT2D eigenvalue weighted by molar-refractivity contribution is -0.276. The number of fused-ring (bicyclic) bond motifs is 2. The number of anilines is 1. The fourth-order valence-corrected chi connectivity index (χ4v) is 4.72. The number of phenols is 1. The lowest BCUT2D eigenvalue weighted by Gasteiger charge is -2.49. The summed E-state index contributed by atoms with van der Waals surface area (Å²) < 4.78 is 71.9. The van der Waals surface area contributed by atoms with Gasteiger partial charge in [0.1, 0.15) is 23.2 Å². The van der Waals surface area contributed by atoms with Crippen LogP contribution in [0.15, 0.2) is 24.4 Å². The maximum Gasteiger partial charge on any atom is 0.419 e. The van der Waals surface area contributed by atoms with E-state index < -0.39 is 52.6 Å². The molecule has 2 aromatic carbocycles. The smallest absolute Gasteiger partial charge is 0.419 e. The summed E-state index contributed by atoms with van der Waals surface area (Å²) in [5.41, 5.74) is -6.27. The number of nitrogens with one attached hydrogen (secondary N) is 1. The number of nitrogens with zero attached hydrogens (tertiary/aromatic N) is 3. The van der Waals surface area contributed by atoms with E-state index in [0.717, 1.165) is 12.1 Å². The van der Waals surface area contributed by atoms with E-state index in [2.05, 4.69) is 15.3 Å². The molecule has 1 heterocycles. The molecule has 1 aromatic heterocycles. The van der Waals surface area contributed by atoms with Crippen molar-refractivity contribution in [3.05, 3.63) is 58.5 Å². The molecule has 2 unspecified atom stereocenters. The van der Waals surface area contributed by atoms with Crippen LogP contribution in [0.4, 0.5) is 27.6 Å². The van der Waals surface area contributed by atoms with Crippen molar-refractivity contribution in [3.63, 3.8) is 0 Å². The van der Waals surface area contributed by atoms with Crippen LogP contribution in [0.5, 0.6) is 5.75 Å². The normalized spacial score (nSPS) is 21.7. The molecule has 1 aliphatic rings. The molecule has 4 rings (SSSR count). The molecule has 0 saturated carbocycles. The van der Waals surface area contributed by atoms with Gasteiger partial charge < -0.3 is 15.5 Å². The topological polar surface area (TPSA) is 102 Å². The lowest BCUT2D eigenvalue weighted by atomic mass is 9.63. The van der Waals surface area contributed by atoms with Gasteiger partial charge in [-0.05, 0) is 42.5 Å². The molecular weight excluding hydrogens is 459 g/mol. The molecule has 0 bridgehead atoms. The monoisotopic (exact) mass is 478 g/mol. The molecule has 11 heteroatoms. The largest absolute Gasteiger partial charge is 0.505 e. The summed E-state index contributed by atoms with van der Waals surface area (Å²) in [4.78, 5) is 7.96. The Morgan fingerprint density at radius 2 is 1.91 bits per heavy atom. The highest BCUT2D eigenvalue weighted by Crippen LogP contribution is 2.57. The van der Waals surface area contributed by atoms with Crippen molar-refractivity contribution in [1.82, 2.24) is 9.97 Å². The Morgan fingerprint density at radius 3 is 2.53 bits per heavy atom. The maximum atomic E-state index is 14.6. The zero-order valence-corrected chi connectivity index (χ0v) is 18.2. The van der Waals surface area contributed by atoms with Gasteiger partial charge in [0, 0.05) is 22.8 Å². The molecule has 0 saturated heterocycles. The van der Waals surface area contributed by atoms with Gasteiger partial charge in [-0.25, -0.2) is 18.7 Å². The van der Waals surface area contributed by atoms with E-state index in [-0.39, 0.29) is 33.5 Å². The van der Waals surface area contributed by atoms with E-state index in [1.807, 2.05) is 0 Å². The molecule has 178 valence electrons. The van der Waals surface area contributed by atoms with E-state index in [1.165, 1.54) is 39.1 Å². The zero-order valence-electron chi connectivity index (χ0n) is 18.2. The van der Waals surface area contributed by atoms with Gasteiger partial charge >= 0.3 is 6.18 Å². The highest BCUT2D eigenvalue weighted by atomic mass is 19.4.